The van der Waals surface area contributed by atoms with Crippen molar-refractivity contribution in [1.29, 1.82) is 0 Å². The molecule has 1 atom stereocenters. The van der Waals surface area contributed by atoms with Gasteiger partial charge in [0.2, 0.25) is 0 Å². The van der Waals surface area contributed by atoms with Crippen LogP contribution in [-0.4, -0.2) is 4.98 Å². The lowest BCUT2D eigenvalue weighted by Crippen LogP contribution is -2.31. The first kappa shape index (κ1) is 15.5. The van der Waals surface area contributed by atoms with E-state index in [0.29, 0.717) is 10.2 Å². The van der Waals surface area contributed by atoms with Crippen molar-refractivity contribution in [2.75, 3.05) is 0 Å². The third-order valence-electron chi connectivity index (χ3n) is 2.80. The van der Waals surface area contributed by atoms with Crippen LogP contribution in [0.2, 0.25) is 0 Å². The molecule has 2 aromatic rings. The molecule has 3 nitrogen and oxygen atoms in total. The summed E-state index contributed by atoms with van der Waals surface area (Å²) in [6.45, 7) is 0. The van der Waals surface area contributed by atoms with E-state index in [-0.39, 0.29) is 12.0 Å². The van der Waals surface area contributed by atoms with E-state index in [9.17, 15) is 8.78 Å². The second kappa shape index (κ2) is 6.71. The van der Waals surface area contributed by atoms with Gasteiger partial charge in [0.25, 0.3) is 0 Å². The predicted octanol–water partition coefficient (Wildman–Crippen LogP) is 3.63. The molecular formula is C13H11Br2F2N3. The van der Waals surface area contributed by atoms with Gasteiger partial charge in [0, 0.05) is 32.8 Å². The lowest BCUT2D eigenvalue weighted by Gasteiger charge is -2.17. The third-order valence-corrected chi connectivity index (χ3v) is 3.72. The van der Waals surface area contributed by atoms with Crippen molar-refractivity contribution in [3.05, 3.63) is 62.3 Å². The Hall–Kier alpha value is -0.890. The summed E-state index contributed by atoms with van der Waals surface area (Å²) in [7, 11) is 0. The first-order valence-corrected chi connectivity index (χ1v) is 7.31. The Bertz CT molecular complexity index is 582. The van der Waals surface area contributed by atoms with Crippen LogP contribution in [0.1, 0.15) is 17.3 Å². The van der Waals surface area contributed by atoms with Crippen molar-refractivity contribution in [3.8, 4) is 0 Å². The van der Waals surface area contributed by atoms with Gasteiger partial charge in [-0.15, -0.1) is 0 Å². The lowest BCUT2D eigenvalue weighted by molar-refractivity contribution is 0.469. The number of nitrogens with two attached hydrogens (primary N) is 1. The zero-order valence-corrected chi connectivity index (χ0v) is 13.4. The Morgan fingerprint density at radius 1 is 1.15 bits per heavy atom. The molecule has 0 saturated heterocycles. The fourth-order valence-electron chi connectivity index (χ4n) is 1.87. The van der Waals surface area contributed by atoms with E-state index in [2.05, 4.69) is 42.3 Å². The number of nitrogens with one attached hydrogen (secondary N) is 1. The summed E-state index contributed by atoms with van der Waals surface area (Å²) < 4.78 is 29.0. The number of hydrogen-bond acceptors (Lipinski definition) is 3. The fourth-order valence-corrected chi connectivity index (χ4v) is 2.50. The largest absolute Gasteiger partial charge is 0.271 e. The minimum Gasteiger partial charge on any atom is -0.271 e. The molecule has 0 aliphatic heterocycles. The minimum absolute atomic E-state index is 0.0968. The summed E-state index contributed by atoms with van der Waals surface area (Å²) in [4.78, 5) is 4.17. The molecule has 2 rings (SSSR count). The number of rotatable bonds is 4. The van der Waals surface area contributed by atoms with Crippen LogP contribution in [0.15, 0.2) is 39.4 Å². The van der Waals surface area contributed by atoms with E-state index in [1.165, 1.54) is 12.1 Å². The van der Waals surface area contributed by atoms with E-state index in [1.54, 1.807) is 12.3 Å². The summed E-state index contributed by atoms with van der Waals surface area (Å²) in [6, 6.07) is 5.29. The van der Waals surface area contributed by atoms with Gasteiger partial charge >= 0.3 is 0 Å². The Morgan fingerprint density at radius 3 is 2.30 bits per heavy atom. The van der Waals surface area contributed by atoms with Gasteiger partial charge in [-0.1, -0.05) is 15.9 Å². The molecule has 20 heavy (non-hydrogen) atoms. The summed E-state index contributed by atoms with van der Waals surface area (Å²) in [5, 5.41) is 0. The molecule has 0 amide bonds. The molecule has 0 fully saturated rings. The monoisotopic (exact) mass is 405 g/mol. The number of pyridine rings is 1. The quantitative estimate of drug-likeness (QED) is 0.602. The second-order valence-electron chi connectivity index (χ2n) is 4.17. The van der Waals surface area contributed by atoms with Crippen molar-refractivity contribution in [2.24, 2.45) is 5.84 Å². The van der Waals surface area contributed by atoms with Gasteiger partial charge in [-0.2, -0.15) is 0 Å². The van der Waals surface area contributed by atoms with Crippen molar-refractivity contribution >= 4 is 31.9 Å². The molecule has 0 spiro atoms. The third kappa shape index (κ3) is 3.60. The normalized spacial score (nSPS) is 12.4. The molecule has 1 aromatic heterocycles. The van der Waals surface area contributed by atoms with E-state index >= 15 is 0 Å². The Morgan fingerprint density at radius 2 is 1.80 bits per heavy atom. The molecule has 1 aromatic carbocycles. The van der Waals surface area contributed by atoms with Crippen LogP contribution in [0, 0.1) is 11.6 Å². The van der Waals surface area contributed by atoms with Crippen molar-refractivity contribution in [2.45, 2.75) is 12.5 Å². The highest BCUT2D eigenvalue weighted by molar-refractivity contribution is 9.10. The zero-order chi connectivity index (χ0) is 14.7. The number of hydrazine groups is 1. The summed E-state index contributed by atoms with van der Waals surface area (Å²) in [6.07, 6.45) is 1.90. The van der Waals surface area contributed by atoms with Crippen molar-refractivity contribution in [1.82, 2.24) is 10.4 Å². The molecular weight excluding hydrogens is 396 g/mol. The molecule has 0 saturated carbocycles. The number of aromatic nitrogens is 1. The molecule has 7 heteroatoms. The zero-order valence-electron chi connectivity index (χ0n) is 10.2. The van der Waals surface area contributed by atoms with Crippen LogP contribution in [0.25, 0.3) is 0 Å². The van der Waals surface area contributed by atoms with Gasteiger partial charge in [0.1, 0.15) is 11.6 Å². The lowest BCUT2D eigenvalue weighted by atomic mass is 10.0. The molecule has 3 N–H and O–H groups in total. The van der Waals surface area contributed by atoms with E-state index in [0.717, 1.165) is 4.47 Å². The van der Waals surface area contributed by atoms with E-state index in [4.69, 9.17) is 5.84 Å². The Kier molecular flexibility index (Phi) is 5.20. The fraction of sp³-hybridized carbons (Fsp3) is 0.154. The first-order valence-electron chi connectivity index (χ1n) is 5.72. The summed E-state index contributed by atoms with van der Waals surface area (Å²) in [5.74, 6) is 4.12. The summed E-state index contributed by atoms with van der Waals surface area (Å²) in [5.41, 5.74) is 3.02. The maximum Gasteiger partial charge on any atom is 0.132 e. The number of nitrogens with zero attached hydrogens (tertiary/aromatic N) is 1. The maximum atomic E-state index is 13.9. The van der Waals surface area contributed by atoms with Gasteiger partial charge in [-0.05, 0) is 40.2 Å². The number of halogens is 4. The van der Waals surface area contributed by atoms with Gasteiger partial charge in [-0.3, -0.25) is 16.3 Å². The number of benzene rings is 1. The van der Waals surface area contributed by atoms with Gasteiger partial charge in [0.05, 0.1) is 6.04 Å². The molecule has 106 valence electrons. The van der Waals surface area contributed by atoms with Crippen LogP contribution >= 0.6 is 31.9 Å². The maximum absolute atomic E-state index is 13.9. The first-order chi connectivity index (χ1) is 9.51. The van der Waals surface area contributed by atoms with E-state index < -0.39 is 17.7 Å². The smallest absolute Gasteiger partial charge is 0.132 e. The average Bonchev–Trinajstić information content (AvgIpc) is 2.38. The second-order valence-corrected chi connectivity index (χ2v) is 6.01. The molecule has 0 bridgehead atoms. The van der Waals surface area contributed by atoms with Crippen LogP contribution in [-0.2, 0) is 6.42 Å². The highest BCUT2D eigenvalue weighted by atomic mass is 79.9. The SMILES string of the molecule is NNC(Cc1ccc(Br)cn1)c1c(F)cc(Br)cc1F. The van der Waals surface area contributed by atoms with Crippen LogP contribution in [0.3, 0.4) is 0 Å². The predicted molar refractivity (Wildman–Crippen MR) is 79.8 cm³/mol. The molecule has 0 aliphatic rings. The molecule has 0 aliphatic carbocycles. The minimum atomic E-state index is -0.697. The Balaban J connectivity index is 2.31. The van der Waals surface area contributed by atoms with Crippen LogP contribution in [0.5, 0.6) is 0 Å². The van der Waals surface area contributed by atoms with Crippen LogP contribution in [0.4, 0.5) is 8.78 Å². The molecule has 1 heterocycles. The van der Waals surface area contributed by atoms with Gasteiger partial charge < -0.3 is 0 Å². The molecule has 0 radical (unpaired) electrons. The topological polar surface area (TPSA) is 50.9 Å². The molecule has 1 unspecified atom stereocenters. The number of hydrogen-bond donors (Lipinski definition) is 2. The van der Waals surface area contributed by atoms with E-state index in [1.807, 2.05) is 6.07 Å². The van der Waals surface area contributed by atoms with Gasteiger partial charge in [0.15, 0.2) is 0 Å². The highest BCUT2D eigenvalue weighted by Crippen LogP contribution is 2.26. The Labute approximate surface area is 131 Å². The van der Waals surface area contributed by atoms with Gasteiger partial charge in [-0.25, -0.2) is 8.78 Å². The standard InChI is InChI=1S/C13H11Br2F2N3/c14-7-1-2-9(19-6-7)5-12(20-18)13-10(16)3-8(15)4-11(13)17/h1-4,6,12,20H,5,18H2. The van der Waals surface area contributed by atoms with Crippen LogP contribution < -0.4 is 11.3 Å². The average molecular weight is 407 g/mol. The van der Waals surface area contributed by atoms with Crippen molar-refractivity contribution in [3.63, 3.8) is 0 Å². The van der Waals surface area contributed by atoms with Crippen molar-refractivity contribution < 1.29 is 8.78 Å². The highest BCUT2D eigenvalue weighted by Gasteiger charge is 2.21. The summed E-state index contributed by atoms with van der Waals surface area (Å²) >= 11 is 6.32.